The molecule has 2 aromatic rings. The third kappa shape index (κ3) is 5.15. The van der Waals surface area contributed by atoms with Gasteiger partial charge in [0, 0.05) is 5.92 Å². The van der Waals surface area contributed by atoms with Crippen molar-refractivity contribution in [1.29, 1.82) is 0 Å². The van der Waals surface area contributed by atoms with E-state index in [2.05, 4.69) is 11.4 Å². The van der Waals surface area contributed by atoms with Crippen molar-refractivity contribution in [2.24, 2.45) is 23.7 Å². The predicted molar refractivity (Wildman–Crippen MR) is 134 cm³/mol. The average molecular weight is 492 g/mol. The highest BCUT2D eigenvalue weighted by molar-refractivity contribution is 5.94. The number of hydrogen-bond donors (Lipinski definition) is 1. The lowest BCUT2D eigenvalue weighted by Gasteiger charge is -2.43. The van der Waals surface area contributed by atoms with E-state index in [1.807, 2.05) is 66.7 Å². The second-order valence-electron chi connectivity index (χ2n) is 9.28. The molecule has 2 saturated carbocycles. The molecule has 0 radical (unpaired) electrons. The largest absolute Gasteiger partial charge is 0.466 e. The van der Waals surface area contributed by atoms with Gasteiger partial charge < -0.3 is 19.5 Å². The molecule has 4 rings (SSSR count). The number of alkyl carbamates (subject to hydrolysis) is 1. The van der Waals surface area contributed by atoms with Crippen LogP contribution in [-0.4, -0.2) is 36.8 Å². The van der Waals surface area contributed by atoms with E-state index < -0.39 is 29.5 Å². The zero-order chi connectivity index (χ0) is 25.5. The quantitative estimate of drug-likeness (QED) is 0.402. The number of carbonyl (C=O) groups excluding carboxylic acids is 3. The molecule has 1 amide bonds. The molecule has 2 aromatic carbocycles. The van der Waals surface area contributed by atoms with Crippen LogP contribution < -0.4 is 5.32 Å². The van der Waals surface area contributed by atoms with Crippen molar-refractivity contribution in [3.05, 3.63) is 77.9 Å². The summed E-state index contributed by atoms with van der Waals surface area (Å²) in [5.41, 5.74) is 0.292. The van der Waals surface area contributed by atoms with Gasteiger partial charge >= 0.3 is 18.0 Å². The first-order valence-corrected chi connectivity index (χ1v) is 12.6. The molecular weight excluding hydrogens is 458 g/mol. The highest BCUT2D eigenvalue weighted by Gasteiger charge is 2.69. The van der Waals surface area contributed by atoms with Gasteiger partial charge in [0.25, 0.3) is 0 Å². The molecule has 7 heteroatoms. The summed E-state index contributed by atoms with van der Waals surface area (Å²) in [6, 6.07) is 19.2. The van der Waals surface area contributed by atoms with Crippen LogP contribution in [0.5, 0.6) is 0 Å². The Morgan fingerprint density at radius 2 is 1.58 bits per heavy atom. The van der Waals surface area contributed by atoms with E-state index in [-0.39, 0.29) is 37.6 Å². The number of esters is 2. The summed E-state index contributed by atoms with van der Waals surface area (Å²) in [4.78, 5) is 39.8. The highest BCUT2D eigenvalue weighted by Crippen LogP contribution is 2.58. The van der Waals surface area contributed by atoms with Crippen LogP contribution in [0, 0.1) is 23.7 Å². The van der Waals surface area contributed by atoms with Crippen molar-refractivity contribution in [1.82, 2.24) is 5.32 Å². The van der Waals surface area contributed by atoms with Crippen molar-refractivity contribution >= 4 is 24.1 Å². The first-order valence-electron chi connectivity index (χ1n) is 12.6. The lowest BCUT2D eigenvalue weighted by Crippen LogP contribution is -2.66. The summed E-state index contributed by atoms with van der Waals surface area (Å²) >= 11 is 0. The van der Waals surface area contributed by atoms with Gasteiger partial charge in [0.05, 0.1) is 19.1 Å². The van der Waals surface area contributed by atoms with E-state index >= 15 is 0 Å². The number of rotatable bonds is 9. The Balaban J connectivity index is 1.64. The molecule has 36 heavy (non-hydrogen) atoms. The molecule has 0 aliphatic heterocycles. The number of carbonyl (C=O) groups is 3. The maximum atomic E-state index is 13.6. The number of benzene rings is 2. The number of amides is 1. The standard InChI is InChI=1S/C29H33NO6/c1-3-34-26(31)25-23-17-22(16-15-20-11-7-5-8-12-20)24(18-23)29(25,27(32)35-4-2)30-28(33)36-19-21-13-9-6-10-14-21/h5-16,22-25H,3-4,17-19H2,1-2H3,(H,30,33)/b16-15+/t22-,23-,24-,25+,29-/m1/s1. The van der Waals surface area contributed by atoms with Crippen LogP contribution in [0.2, 0.25) is 0 Å². The zero-order valence-corrected chi connectivity index (χ0v) is 20.7. The molecule has 2 fully saturated rings. The minimum absolute atomic E-state index is 0.0280. The minimum Gasteiger partial charge on any atom is -0.466 e. The molecule has 1 N–H and O–H groups in total. The lowest BCUT2D eigenvalue weighted by molar-refractivity contribution is -0.168. The third-order valence-electron chi connectivity index (χ3n) is 7.21. The first kappa shape index (κ1) is 25.5. The Labute approximate surface area is 211 Å². The summed E-state index contributed by atoms with van der Waals surface area (Å²) in [7, 11) is 0. The maximum Gasteiger partial charge on any atom is 0.408 e. The molecule has 5 atom stereocenters. The van der Waals surface area contributed by atoms with Crippen molar-refractivity contribution < 1.29 is 28.6 Å². The van der Waals surface area contributed by atoms with Crippen molar-refractivity contribution in [3.8, 4) is 0 Å². The van der Waals surface area contributed by atoms with E-state index in [1.54, 1.807) is 13.8 Å². The monoisotopic (exact) mass is 491 g/mol. The minimum atomic E-state index is -1.56. The van der Waals surface area contributed by atoms with Gasteiger partial charge in [0.2, 0.25) is 0 Å². The van der Waals surface area contributed by atoms with E-state index in [1.165, 1.54) is 0 Å². The summed E-state index contributed by atoms with van der Waals surface area (Å²) in [6.45, 7) is 3.78. The van der Waals surface area contributed by atoms with Crippen LogP contribution in [0.4, 0.5) is 4.79 Å². The second-order valence-corrected chi connectivity index (χ2v) is 9.28. The van der Waals surface area contributed by atoms with Crippen LogP contribution in [-0.2, 0) is 30.4 Å². The van der Waals surface area contributed by atoms with Gasteiger partial charge in [-0.1, -0.05) is 72.8 Å². The van der Waals surface area contributed by atoms with Gasteiger partial charge in [-0.25, -0.2) is 9.59 Å². The summed E-state index contributed by atoms with van der Waals surface area (Å²) < 4.78 is 16.3. The van der Waals surface area contributed by atoms with Gasteiger partial charge in [0.1, 0.15) is 6.61 Å². The maximum absolute atomic E-state index is 13.6. The Bertz CT molecular complexity index is 1090. The van der Waals surface area contributed by atoms with Crippen LogP contribution in [0.15, 0.2) is 66.7 Å². The number of hydrogen-bond acceptors (Lipinski definition) is 6. The molecule has 2 aliphatic carbocycles. The normalized spacial score (nSPS) is 26.5. The van der Waals surface area contributed by atoms with Crippen molar-refractivity contribution in [2.45, 2.75) is 38.8 Å². The fourth-order valence-electron chi connectivity index (χ4n) is 5.81. The van der Waals surface area contributed by atoms with Gasteiger partial charge in [-0.3, -0.25) is 4.79 Å². The molecule has 0 heterocycles. The lowest BCUT2D eigenvalue weighted by atomic mass is 9.67. The van der Waals surface area contributed by atoms with Crippen LogP contribution in [0.3, 0.4) is 0 Å². The van der Waals surface area contributed by atoms with E-state index in [0.717, 1.165) is 17.5 Å². The predicted octanol–water partition coefficient (Wildman–Crippen LogP) is 4.76. The molecular formula is C29H33NO6. The van der Waals surface area contributed by atoms with Crippen molar-refractivity contribution in [2.75, 3.05) is 13.2 Å². The summed E-state index contributed by atoms with van der Waals surface area (Å²) in [5, 5.41) is 2.83. The Kier molecular flexibility index (Phi) is 8.08. The Morgan fingerprint density at radius 3 is 2.25 bits per heavy atom. The molecule has 190 valence electrons. The zero-order valence-electron chi connectivity index (χ0n) is 20.7. The van der Waals surface area contributed by atoms with Gasteiger partial charge in [-0.2, -0.15) is 0 Å². The first-order chi connectivity index (χ1) is 17.5. The number of fused-ring (bicyclic) bond motifs is 2. The molecule has 0 aromatic heterocycles. The molecule has 7 nitrogen and oxygen atoms in total. The summed E-state index contributed by atoms with van der Waals surface area (Å²) in [5.74, 6) is -2.44. The smallest absolute Gasteiger partial charge is 0.408 e. The fourth-order valence-corrected chi connectivity index (χ4v) is 5.81. The molecule has 0 spiro atoms. The Hall–Kier alpha value is -3.61. The van der Waals surface area contributed by atoms with Crippen LogP contribution in [0.1, 0.15) is 37.8 Å². The van der Waals surface area contributed by atoms with Gasteiger partial charge in [-0.15, -0.1) is 0 Å². The SMILES string of the molecule is CCOC(=O)[C@@H]1[C@@H]2C[C@@H](/C=C/c3ccccc3)[C@@H](C2)[C@]1(NC(=O)OCc1ccccc1)C(=O)OCC. The Morgan fingerprint density at radius 1 is 0.917 bits per heavy atom. The van der Waals surface area contributed by atoms with E-state index in [0.29, 0.717) is 6.42 Å². The fraction of sp³-hybridized carbons (Fsp3) is 0.414. The van der Waals surface area contributed by atoms with E-state index in [9.17, 15) is 14.4 Å². The number of nitrogens with one attached hydrogen (secondary N) is 1. The highest BCUT2D eigenvalue weighted by atomic mass is 16.6. The molecule has 0 saturated heterocycles. The molecule has 2 aliphatic rings. The summed E-state index contributed by atoms with van der Waals surface area (Å²) in [6.07, 6.45) is 4.66. The number of ether oxygens (including phenoxy) is 3. The average Bonchev–Trinajstić information content (AvgIpc) is 3.45. The van der Waals surface area contributed by atoms with Crippen LogP contribution >= 0.6 is 0 Å². The number of allylic oxidation sites excluding steroid dienone is 1. The van der Waals surface area contributed by atoms with Gasteiger partial charge in [0.15, 0.2) is 5.54 Å². The van der Waals surface area contributed by atoms with E-state index in [4.69, 9.17) is 14.2 Å². The van der Waals surface area contributed by atoms with Crippen LogP contribution in [0.25, 0.3) is 6.08 Å². The van der Waals surface area contributed by atoms with Crippen molar-refractivity contribution in [3.63, 3.8) is 0 Å². The molecule has 0 unspecified atom stereocenters. The third-order valence-corrected chi connectivity index (χ3v) is 7.21. The molecule has 2 bridgehead atoms. The topological polar surface area (TPSA) is 90.9 Å². The van der Waals surface area contributed by atoms with Gasteiger partial charge in [-0.05, 0) is 49.7 Å². The second kappa shape index (κ2) is 11.4.